The standard InChI is InChI=1S/C23H25NO4/c1-3-26-21-13-10-18(16-22(21)27-4-2)24-23(25)15-12-19-11-14-20(28-19)17-8-6-5-7-9-17/h5-11,13-14,16H,3-4,12,15H2,1-2H3,(H,24,25). The van der Waals surface area contributed by atoms with Crippen LogP contribution in [0.1, 0.15) is 26.0 Å². The van der Waals surface area contributed by atoms with E-state index >= 15 is 0 Å². The van der Waals surface area contributed by atoms with Gasteiger partial charge >= 0.3 is 0 Å². The van der Waals surface area contributed by atoms with Crippen LogP contribution < -0.4 is 14.8 Å². The number of hydrogen-bond acceptors (Lipinski definition) is 4. The Labute approximate surface area is 165 Å². The van der Waals surface area contributed by atoms with E-state index in [9.17, 15) is 4.79 Å². The number of aryl methyl sites for hydroxylation is 1. The fourth-order valence-electron chi connectivity index (χ4n) is 2.86. The first kappa shape index (κ1) is 19.5. The van der Waals surface area contributed by atoms with E-state index in [2.05, 4.69) is 5.32 Å². The van der Waals surface area contributed by atoms with E-state index in [1.54, 1.807) is 6.07 Å². The van der Waals surface area contributed by atoms with Gasteiger partial charge in [-0.05, 0) is 38.1 Å². The summed E-state index contributed by atoms with van der Waals surface area (Å²) in [7, 11) is 0. The minimum Gasteiger partial charge on any atom is -0.490 e. The molecule has 1 amide bonds. The van der Waals surface area contributed by atoms with Gasteiger partial charge in [-0.2, -0.15) is 0 Å². The fourth-order valence-corrected chi connectivity index (χ4v) is 2.86. The van der Waals surface area contributed by atoms with Crippen molar-refractivity contribution in [2.75, 3.05) is 18.5 Å². The zero-order valence-electron chi connectivity index (χ0n) is 16.2. The second-order valence-electron chi connectivity index (χ2n) is 6.21. The van der Waals surface area contributed by atoms with Crippen LogP contribution in [0, 0.1) is 0 Å². The molecule has 0 aliphatic rings. The topological polar surface area (TPSA) is 60.7 Å². The van der Waals surface area contributed by atoms with Gasteiger partial charge < -0.3 is 19.2 Å². The number of carbonyl (C=O) groups excluding carboxylic acids is 1. The second-order valence-corrected chi connectivity index (χ2v) is 6.21. The molecule has 0 unspecified atom stereocenters. The van der Waals surface area contributed by atoms with E-state index in [1.807, 2.05) is 68.4 Å². The highest BCUT2D eigenvalue weighted by atomic mass is 16.5. The summed E-state index contributed by atoms with van der Waals surface area (Å²) in [4.78, 5) is 12.3. The van der Waals surface area contributed by atoms with Gasteiger partial charge in [0.15, 0.2) is 11.5 Å². The minimum atomic E-state index is -0.0794. The molecule has 1 N–H and O–H groups in total. The molecule has 0 spiro atoms. The minimum absolute atomic E-state index is 0.0794. The van der Waals surface area contributed by atoms with Gasteiger partial charge in [0.1, 0.15) is 11.5 Å². The van der Waals surface area contributed by atoms with Crippen LogP contribution in [-0.2, 0) is 11.2 Å². The molecule has 3 aromatic rings. The quantitative estimate of drug-likeness (QED) is 0.547. The van der Waals surface area contributed by atoms with Crippen molar-refractivity contribution in [2.24, 2.45) is 0 Å². The highest BCUT2D eigenvalue weighted by Crippen LogP contribution is 2.30. The Morgan fingerprint density at radius 2 is 1.68 bits per heavy atom. The maximum atomic E-state index is 12.3. The number of anilines is 1. The van der Waals surface area contributed by atoms with E-state index < -0.39 is 0 Å². The third-order valence-corrected chi connectivity index (χ3v) is 4.15. The van der Waals surface area contributed by atoms with Gasteiger partial charge in [-0.15, -0.1) is 0 Å². The zero-order chi connectivity index (χ0) is 19.8. The van der Waals surface area contributed by atoms with E-state index in [4.69, 9.17) is 13.9 Å². The molecular formula is C23H25NO4. The molecule has 0 atom stereocenters. The maximum Gasteiger partial charge on any atom is 0.224 e. The molecule has 0 fully saturated rings. The van der Waals surface area contributed by atoms with Crippen LogP contribution in [-0.4, -0.2) is 19.1 Å². The Morgan fingerprint density at radius 1 is 0.929 bits per heavy atom. The largest absolute Gasteiger partial charge is 0.490 e. The summed E-state index contributed by atoms with van der Waals surface area (Å²) >= 11 is 0. The number of nitrogens with one attached hydrogen (secondary N) is 1. The van der Waals surface area contributed by atoms with E-state index in [1.165, 1.54) is 0 Å². The van der Waals surface area contributed by atoms with Crippen molar-refractivity contribution in [3.8, 4) is 22.8 Å². The average molecular weight is 379 g/mol. The zero-order valence-corrected chi connectivity index (χ0v) is 16.2. The summed E-state index contributed by atoms with van der Waals surface area (Å²) in [5.74, 6) is 2.82. The second kappa shape index (κ2) is 9.65. The first-order valence-electron chi connectivity index (χ1n) is 9.53. The highest BCUT2D eigenvalue weighted by molar-refractivity contribution is 5.91. The predicted octanol–water partition coefficient (Wildman–Crippen LogP) is 5.32. The van der Waals surface area contributed by atoms with Crippen molar-refractivity contribution in [1.29, 1.82) is 0 Å². The Bertz CT molecular complexity index is 902. The van der Waals surface area contributed by atoms with Crippen LogP contribution >= 0.6 is 0 Å². The molecule has 28 heavy (non-hydrogen) atoms. The smallest absolute Gasteiger partial charge is 0.224 e. The SMILES string of the molecule is CCOc1ccc(NC(=O)CCc2ccc(-c3ccccc3)o2)cc1OCC. The first-order valence-corrected chi connectivity index (χ1v) is 9.53. The van der Waals surface area contributed by atoms with Crippen molar-refractivity contribution in [2.45, 2.75) is 26.7 Å². The number of benzene rings is 2. The number of hydrogen-bond donors (Lipinski definition) is 1. The van der Waals surface area contributed by atoms with E-state index in [0.717, 1.165) is 17.1 Å². The van der Waals surface area contributed by atoms with Gasteiger partial charge in [0.25, 0.3) is 0 Å². The van der Waals surface area contributed by atoms with Crippen molar-refractivity contribution in [3.05, 3.63) is 66.4 Å². The number of ether oxygens (including phenoxy) is 2. The van der Waals surface area contributed by atoms with Crippen molar-refractivity contribution in [1.82, 2.24) is 0 Å². The summed E-state index contributed by atoms with van der Waals surface area (Å²) < 4.78 is 17.0. The molecule has 0 saturated carbocycles. The summed E-state index contributed by atoms with van der Waals surface area (Å²) in [5.41, 5.74) is 1.71. The van der Waals surface area contributed by atoms with Crippen molar-refractivity contribution >= 4 is 11.6 Å². The van der Waals surface area contributed by atoms with Gasteiger partial charge in [0, 0.05) is 30.2 Å². The van der Waals surface area contributed by atoms with Crippen LogP contribution in [0.4, 0.5) is 5.69 Å². The molecule has 0 aliphatic heterocycles. The van der Waals surface area contributed by atoms with Gasteiger partial charge in [-0.25, -0.2) is 0 Å². The number of rotatable bonds is 9. The fraction of sp³-hybridized carbons (Fsp3) is 0.261. The Morgan fingerprint density at radius 3 is 2.43 bits per heavy atom. The van der Waals surface area contributed by atoms with Crippen LogP contribution in [0.25, 0.3) is 11.3 Å². The molecule has 5 heteroatoms. The summed E-state index contributed by atoms with van der Waals surface area (Å²) in [5, 5.41) is 2.90. The Hall–Kier alpha value is -3.21. The summed E-state index contributed by atoms with van der Waals surface area (Å²) in [6.45, 7) is 4.91. The van der Waals surface area contributed by atoms with Crippen molar-refractivity contribution < 1.29 is 18.7 Å². The lowest BCUT2D eigenvalue weighted by atomic mass is 10.2. The van der Waals surface area contributed by atoms with E-state index in [0.29, 0.717) is 43.2 Å². The molecule has 0 bridgehead atoms. The van der Waals surface area contributed by atoms with Crippen LogP contribution in [0.3, 0.4) is 0 Å². The molecule has 0 radical (unpaired) electrons. The summed E-state index contributed by atoms with van der Waals surface area (Å²) in [6, 6.07) is 19.2. The van der Waals surface area contributed by atoms with E-state index in [-0.39, 0.29) is 5.91 Å². The number of furan rings is 1. The van der Waals surface area contributed by atoms with Gasteiger partial charge in [0.2, 0.25) is 5.91 Å². The Kier molecular flexibility index (Phi) is 6.73. The lowest BCUT2D eigenvalue weighted by Crippen LogP contribution is -2.12. The molecule has 2 aromatic carbocycles. The van der Waals surface area contributed by atoms with Crippen LogP contribution in [0.5, 0.6) is 11.5 Å². The van der Waals surface area contributed by atoms with Gasteiger partial charge in [-0.3, -0.25) is 4.79 Å². The monoisotopic (exact) mass is 379 g/mol. The number of carbonyl (C=O) groups is 1. The van der Waals surface area contributed by atoms with Crippen LogP contribution in [0.15, 0.2) is 65.1 Å². The first-order chi connectivity index (χ1) is 13.7. The van der Waals surface area contributed by atoms with Crippen LogP contribution in [0.2, 0.25) is 0 Å². The lowest BCUT2D eigenvalue weighted by Gasteiger charge is -2.13. The third kappa shape index (κ3) is 5.16. The molecule has 0 aliphatic carbocycles. The molecule has 3 rings (SSSR count). The average Bonchev–Trinajstić information content (AvgIpc) is 3.19. The third-order valence-electron chi connectivity index (χ3n) is 4.15. The molecule has 1 aromatic heterocycles. The predicted molar refractivity (Wildman–Crippen MR) is 110 cm³/mol. The lowest BCUT2D eigenvalue weighted by molar-refractivity contribution is -0.116. The highest BCUT2D eigenvalue weighted by Gasteiger charge is 2.10. The molecule has 146 valence electrons. The Balaban J connectivity index is 1.57. The normalized spacial score (nSPS) is 10.5. The maximum absolute atomic E-state index is 12.3. The number of amides is 1. The molecule has 5 nitrogen and oxygen atoms in total. The molecule has 1 heterocycles. The van der Waals surface area contributed by atoms with Gasteiger partial charge in [-0.1, -0.05) is 30.3 Å². The van der Waals surface area contributed by atoms with Gasteiger partial charge in [0.05, 0.1) is 13.2 Å². The summed E-state index contributed by atoms with van der Waals surface area (Å²) in [6.07, 6.45) is 0.868. The molecular weight excluding hydrogens is 354 g/mol. The van der Waals surface area contributed by atoms with Crippen molar-refractivity contribution in [3.63, 3.8) is 0 Å². The molecule has 0 saturated heterocycles.